The van der Waals surface area contributed by atoms with Gasteiger partial charge in [0.25, 0.3) is 0 Å². The monoisotopic (exact) mass is 218 g/mol. The fraction of sp³-hybridized carbons (Fsp3) is 0.750. The lowest BCUT2D eigenvalue weighted by Crippen LogP contribution is -2.34. The van der Waals surface area contributed by atoms with Gasteiger partial charge in [0, 0.05) is 18.8 Å². The second kappa shape index (κ2) is 5.44. The summed E-state index contributed by atoms with van der Waals surface area (Å²) in [5.41, 5.74) is 0. The highest BCUT2D eigenvalue weighted by Crippen LogP contribution is 2.15. The highest BCUT2D eigenvalue weighted by molar-refractivity contribution is 8.23. The number of piperidine rings is 1. The van der Waals surface area contributed by atoms with E-state index < -0.39 is 5.97 Å². The molecule has 0 aromatic rings. The fourth-order valence-corrected chi connectivity index (χ4v) is 2.25. The first-order chi connectivity index (χ1) is 6.20. The molecule has 1 heterocycles. The highest BCUT2D eigenvalue weighted by Gasteiger charge is 2.13. The summed E-state index contributed by atoms with van der Waals surface area (Å²) in [6.07, 6.45) is 3.57. The van der Waals surface area contributed by atoms with Gasteiger partial charge in [-0.3, -0.25) is 0 Å². The van der Waals surface area contributed by atoms with Crippen molar-refractivity contribution in [2.75, 3.05) is 18.8 Å². The largest absolute Gasteiger partial charge is 0.549 e. The summed E-state index contributed by atoms with van der Waals surface area (Å²) in [6.45, 7) is 1.94. The Morgan fingerprint density at radius 2 is 2.00 bits per heavy atom. The van der Waals surface area contributed by atoms with E-state index in [9.17, 15) is 9.90 Å². The van der Waals surface area contributed by atoms with Gasteiger partial charge in [-0.05, 0) is 19.3 Å². The number of aliphatic carboxylic acids is 1. The lowest BCUT2D eigenvalue weighted by molar-refractivity contribution is -0.301. The summed E-state index contributed by atoms with van der Waals surface area (Å²) >= 11 is 6.28. The van der Waals surface area contributed by atoms with Crippen LogP contribution in [-0.2, 0) is 4.79 Å². The van der Waals surface area contributed by atoms with Crippen molar-refractivity contribution in [3.05, 3.63) is 0 Å². The number of thiocarbonyl (C=S) groups is 1. The third-order valence-corrected chi connectivity index (χ3v) is 3.42. The first-order valence-corrected chi connectivity index (χ1v) is 5.71. The van der Waals surface area contributed by atoms with Gasteiger partial charge in [0.1, 0.15) is 4.32 Å². The molecule has 0 N–H and O–H groups in total. The van der Waals surface area contributed by atoms with Gasteiger partial charge in [-0.25, -0.2) is 0 Å². The van der Waals surface area contributed by atoms with E-state index in [2.05, 4.69) is 4.90 Å². The van der Waals surface area contributed by atoms with Crippen LogP contribution in [0, 0.1) is 0 Å². The van der Waals surface area contributed by atoms with E-state index in [0.29, 0.717) is 4.32 Å². The van der Waals surface area contributed by atoms with Crippen LogP contribution in [0.2, 0.25) is 0 Å². The molecule has 0 amide bonds. The Labute approximate surface area is 87.5 Å². The topological polar surface area (TPSA) is 43.4 Å². The van der Waals surface area contributed by atoms with Gasteiger partial charge in [0.15, 0.2) is 0 Å². The average molecular weight is 218 g/mol. The predicted octanol–water partition coefficient (Wildman–Crippen LogP) is 0.240. The van der Waals surface area contributed by atoms with E-state index in [1.54, 1.807) is 0 Å². The molecule has 0 radical (unpaired) electrons. The molecule has 1 aliphatic heterocycles. The quantitative estimate of drug-likeness (QED) is 0.621. The van der Waals surface area contributed by atoms with Crippen LogP contribution in [0.15, 0.2) is 0 Å². The lowest BCUT2D eigenvalue weighted by atomic mass is 10.1. The molecule has 0 unspecified atom stereocenters. The summed E-state index contributed by atoms with van der Waals surface area (Å²) in [7, 11) is 0. The Hall–Kier alpha value is -0.290. The zero-order valence-corrected chi connectivity index (χ0v) is 8.96. The molecule has 0 atom stereocenters. The molecule has 0 aliphatic carbocycles. The normalized spacial score (nSPS) is 17.1. The third-order valence-electron chi connectivity index (χ3n) is 1.93. The fourth-order valence-electron chi connectivity index (χ4n) is 1.29. The number of nitrogens with zero attached hydrogens (tertiary/aromatic N) is 1. The molecule has 1 fully saturated rings. The van der Waals surface area contributed by atoms with E-state index in [4.69, 9.17) is 12.2 Å². The van der Waals surface area contributed by atoms with Crippen LogP contribution in [0.5, 0.6) is 0 Å². The summed E-state index contributed by atoms with van der Waals surface area (Å²) < 4.78 is 0.698. The smallest absolute Gasteiger partial charge is 0.136 e. The van der Waals surface area contributed by atoms with Gasteiger partial charge in [-0.1, -0.05) is 24.0 Å². The minimum Gasteiger partial charge on any atom is -0.549 e. The molecule has 0 aromatic heterocycles. The van der Waals surface area contributed by atoms with Crippen LogP contribution in [-0.4, -0.2) is 34.0 Å². The van der Waals surface area contributed by atoms with Gasteiger partial charge in [0.2, 0.25) is 0 Å². The number of carbonyl (C=O) groups is 1. The molecule has 0 spiro atoms. The van der Waals surface area contributed by atoms with Crippen LogP contribution in [0.3, 0.4) is 0 Å². The Kier molecular flexibility index (Phi) is 4.52. The van der Waals surface area contributed by atoms with E-state index >= 15 is 0 Å². The van der Waals surface area contributed by atoms with Crippen molar-refractivity contribution >= 4 is 34.3 Å². The van der Waals surface area contributed by atoms with Crippen LogP contribution in [0.4, 0.5) is 0 Å². The Morgan fingerprint density at radius 3 is 2.54 bits per heavy atom. The van der Waals surface area contributed by atoms with Crippen LogP contribution in [0.25, 0.3) is 0 Å². The molecule has 1 rings (SSSR count). The van der Waals surface area contributed by atoms with Crippen molar-refractivity contribution in [2.24, 2.45) is 0 Å². The number of rotatable bonds is 2. The van der Waals surface area contributed by atoms with Crippen LogP contribution < -0.4 is 5.11 Å². The number of thioether (sulfide) groups is 1. The predicted molar refractivity (Wildman–Crippen MR) is 55.5 cm³/mol. The molecule has 0 saturated carbocycles. The summed E-state index contributed by atoms with van der Waals surface area (Å²) in [5, 5.41) is 10.2. The van der Waals surface area contributed by atoms with Crippen molar-refractivity contribution < 1.29 is 9.90 Å². The Bertz CT molecular complexity index is 202. The summed E-state index contributed by atoms with van der Waals surface area (Å²) in [6, 6.07) is 0. The molecule has 74 valence electrons. The summed E-state index contributed by atoms with van der Waals surface area (Å²) in [4.78, 5) is 12.3. The highest BCUT2D eigenvalue weighted by atomic mass is 32.2. The maximum atomic E-state index is 10.2. The first-order valence-electron chi connectivity index (χ1n) is 4.31. The molecule has 3 nitrogen and oxygen atoms in total. The zero-order valence-electron chi connectivity index (χ0n) is 7.32. The molecular weight excluding hydrogens is 206 g/mol. The maximum absolute atomic E-state index is 10.2. The molecule has 1 aliphatic rings. The van der Waals surface area contributed by atoms with Crippen molar-refractivity contribution in [3.63, 3.8) is 0 Å². The Morgan fingerprint density at radius 1 is 1.38 bits per heavy atom. The SMILES string of the molecule is O=C([O-])CSC(=S)N1CCCCC1. The van der Waals surface area contributed by atoms with Crippen molar-refractivity contribution in [1.29, 1.82) is 0 Å². The number of hydrogen-bond donors (Lipinski definition) is 0. The maximum Gasteiger partial charge on any atom is 0.136 e. The van der Waals surface area contributed by atoms with Crippen LogP contribution in [0.1, 0.15) is 19.3 Å². The van der Waals surface area contributed by atoms with Crippen LogP contribution >= 0.6 is 24.0 Å². The van der Waals surface area contributed by atoms with E-state index in [-0.39, 0.29) is 5.75 Å². The minimum atomic E-state index is -1.05. The van der Waals surface area contributed by atoms with E-state index in [1.165, 1.54) is 18.2 Å². The number of carboxylic acids is 1. The lowest BCUT2D eigenvalue weighted by Gasteiger charge is -2.28. The molecule has 1 saturated heterocycles. The van der Waals surface area contributed by atoms with E-state index in [0.717, 1.165) is 25.9 Å². The van der Waals surface area contributed by atoms with Gasteiger partial charge in [-0.15, -0.1) is 0 Å². The number of likely N-dealkylation sites (tertiary alicyclic amines) is 1. The second-order valence-electron chi connectivity index (χ2n) is 2.97. The molecular formula is C8H12NO2S2-. The van der Waals surface area contributed by atoms with Crippen molar-refractivity contribution in [3.8, 4) is 0 Å². The van der Waals surface area contributed by atoms with Crippen molar-refractivity contribution in [2.45, 2.75) is 19.3 Å². The first kappa shape index (κ1) is 10.8. The van der Waals surface area contributed by atoms with Gasteiger partial charge in [0.05, 0.1) is 5.97 Å². The van der Waals surface area contributed by atoms with Gasteiger partial charge < -0.3 is 14.8 Å². The number of carboxylic acid groups (broad SMARTS) is 1. The van der Waals surface area contributed by atoms with Crippen molar-refractivity contribution in [1.82, 2.24) is 4.90 Å². The third kappa shape index (κ3) is 3.95. The standard InChI is InChI=1S/C8H13NO2S2/c10-7(11)6-13-8(12)9-4-2-1-3-5-9/h1-6H2,(H,10,11)/p-1. The zero-order chi connectivity index (χ0) is 9.68. The second-order valence-corrected chi connectivity index (χ2v) is 4.58. The Balaban J connectivity index is 2.25. The molecule has 5 heteroatoms. The molecule has 0 aromatic carbocycles. The van der Waals surface area contributed by atoms with Gasteiger partial charge >= 0.3 is 0 Å². The molecule has 13 heavy (non-hydrogen) atoms. The number of carbonyl (C=O) groups excluding carboxylic acids is 1. The minimum absolute atomic E-state index is 0.0324. The number of hydrogen-bond acceptors (Lipinski definition) is 4. The summed E-state index contributed by atoms with van der Waals surface area (Å²) in [5.74, 6) is -1.08. The van der Waals surface area contributed by atoms with Gasteiger partial charge in [-0.2, -0.15) is 0 Å². The van der Waals surface area contributed by atoms with E-state index in [1.807, 2.05) is 0 Å². The average Bonchev–Trinajstić information content (AvgIpc) is 2.15. The molecule has 0 bridgehead atoms.